The lowest BCUT2D eigenvalue weighted by Crippen LogP contribution is -2.38. The molecule has 0 N–H and O–H groups in total. The van der Waals surface area contributed by atoms with Crippen LogP contribution in [0.1, 0.15) is 24.5 Å². The van der Waals surface area contributed by atoms with E-state index >= 15 is 0 Å². The van der Waals surface area contributed by atoms with Gasteiger partial charge in [-0.05, 0) is 17.5 Å². The second kappa shape index (κ2) is 5.01. The molecule has 0 aliphatic carbocycles. The van der Waals surface area contributed by atoms with E-state index in [2.05, 4.69) is 18.2 Å². The van der Waals surface area contributed by atoms with E-state index in [1.165, 1.54) is 11.1 Å². The van der Waals surface area contributed by atoms with E-state index in [9.17, 15) is 4.79 Å². The molecule has 1 aliphatic rings. The standard InChI is InChI=1S/C14H16N2O/c1-11(6-8-15)14(17)16-9-7-12-4-2-3-5-13(12)10-16/h2-5,11H,6-7,9-10H2,1H3/t11-/m0/s1. The first kappa shape index (κ1) is 11.7. The number of carbonyl (C=O) groups is 1. The van der Waals surface area contributed by atoms with Gasteiger partial charge in [-0.1, -0.05) is 31.2 Å². The van der Waals surface area contributed by atoms with E-state index in [0.717, 1.165) is 13.0 Å². The maximum Gasteiger partial charge on any atom is 0.226 e. The number of hydrogen-bond acceptors (Lipinski definition) is 2. The van der Waals surface area contributed by atoms with Gasteiger partial charge in [0.05, 0.1) is 6.07 Å². The highest BCUT2D eigenvalue weighted by Crippen LogP contribution is 2.20. The van der Waals surface area contributed by atoms with Crippen molar-refractivity contribution in [3.8, 4) is 6.07 Å². The zero-order valence-electron chi connectivity index (χ0n) is 10.0. The van der Waals surface area contributed by atoms with Crippen molar-refractivity contribution in [1.82, 2.24) is 4.90 Å². The first-order valence-electron chi connectivity index (χ1n) is 5.95. The molecule has 0 bridgehead atoms. The molecular weight excluding hydrogens is 212 g/mol. The molecule has 0 radical (unpaired) electrons. The molecule has 1 heterocycles. The molecule has 1 atom stereocenters. The van der Waals surface area contributed by atoms with E-state index in [1.54, 1.807) is 0 Å². The maximum absolute atomic E-state index is 12.1. The molecule has 2 rings (SSSR count). The number of hydrogen-bond donors (Lipinski definition) is 0. The minimum atomic E-state index is -0.190. The van der Waals surface area contributed by atoms with Crippen molar-refractivity contribution < 1.29 is 4.79 Å². The van der Waals surface area contributed by atoms with Crippen molar-refractivity contribution in [1.29, 1.82) is 5.26 Å². The SMILES string of the molecule is C[C@@H](CC#N)C(=O)N1CCc2ccccc2C1. The van der Waals surface area contributed by atoms with Crippen LogP contribution in [0, 0.1) is 17.2 Å². The molecular formula is C14H16N2O. The zero-order chi connectivity index (χ0) is 12.3. The summed E-state index contributed by atoms with van der Waals surface area (Å²) in [6, 6.07) is 10.3. The van der Waals surface area contributed by atoms with Gasteiger partial charge in [-0.2, -0.15) is 5.26 Å². The summed E-state index contributed by atoms with van der Waals surface area (Å²) in [4.78, 5) is 13.9. The third-order valence-corrected chi connectivity index (χ3v) is 3.26. The fourth-order valence-corrected chi connectivity index (χ4v) is 2.22. The van der Waals surface area contributed by atoms with Crippen molar-refractivity contribution in [2.45, 2.75) is 26.3 Å². The summed E-state index contributed by atoms with van der Waals surface area (Å²) in [7, 11) is 0. The van der Waals surface area contributed by atoms with Gasteiger partial charge in [0.2, 0.25) is 5.91 Å². The molecule has 88 valence electrons. The van der Waals surface area contributed by atoms with Gasteiger partial charge in [0.25, 0.3) is 0 Å². The molecule has 1 aliphatic heterocycles. The third-order valence-electron chi connectivity index (χ3n) is 3.26. The van der Waals surface area contributed by atoms with Crippen LogP contribution in [0.2, 0.25) is 0 Å². The Morgan fingerprint density at radius 1 is 1.47 bits per heavy atom. The summed E-state index contributed by atoms with van der Waals surface area (Å²) in [5.74, 6) is -0.0914. The number of amides is 1. The highest BCUT2D eigenvalue weighted by atomic mass is 16.2. The Labute approximate surface area is 102 Å². The van der Waals surface area contributed by atoms with E-state index in [4.69, 9.17) is 5.26 Å². The van der Waals surface area contributed by atoms with Crippen LogP contribution in [-0.4, -0.2) is 17.4 Å². The van der Waals surface area contributed by atoms with Crippen molar-refractivity contribution in [2.24, 2.45) is 5.92 Å². The van der Waals surface area contributed by atoms with Gasteiger partial charge < -0.3 is 4.90 Å². The number of benzene rings is 1. The summed E-state index contributed by atoms with van der Waals surface area (Å²) in [5, 5.41) is 8.62. The van der Waals surface area contributed by atoms with Crippen LogP contribution in [0.4, 0.5) is 0 Å². The third kappa shape index (κ3) is 2.47. The number of fused-ring (bicyclic) bond motifs is 1. The van der Waals surface area contributed by atoms with Crippen molar-refractivity contribution >= 4 is 5.91 Å². The average molecular weight is 228 g/mol. The van der Waals surface area contributed by atoms with Gasteiger partial charge in [0.15, 0.2) is 0 Å². The Morgan fingerprint density at radius 2 is 2.18 bits per heavy atom. The number of carbonyl (C=O) groups excluding carboxylic acids is 1. The molecule has 17 heavy (non-hydrogen) atoms. The Kier molecular flexibility index (Phi) is 3.43. The Morgan fingerprint density at radius 3 is 2.88 bits per heavy atom. The van der Waals surface area contributed by atoms with E-state index in [0.29, 0.717) is 13.0 Å². The molecule has 0 fully saturated rings. The van der Waals surface area contributed by atoms with Crippen LogP contribution in [-0.2, 0) is 17.8 Å². The van der Waals surface area contributed by atoms with Gasteiger partial charge in [0.1, 0.15) is 0 Å². The predicted molar refractivity (Wildman–Crippen MR) is 65.0 cm³/mol. The normalized spacial score (nSPS) is 15.9. The first-order chi connectivity index (χ1) is 8.22. The van der Waals surface area contributed by atoms with Crippen LogP contribution in [0.3, 0.4) is 0 Å². The Hall–Kier alpha value is -1.82. The van der Waals surface area contributed by atoms with Gasteiger partial charge >= 0.3 is 0 Å². The van der Waals surface area contributed by atoms with Gasteiger partial charge in [0, 0.05) is 25.4 Å². The van der Waals surface area contributed by atoms with Crippen LogP contribution >= 0.6 is 0 Å². The van der Waals surface area contributed by atoms with E-state index in [1.807, 2.05) is 24.0 Å². The minimum Gasteiger partial charge on any atom is -0.338 e. The monoisotopic (exact) mass is 228 g/mol. The lowest BCUT2D eigenvalue weighted by atomic mass is 9.98. The molecule has 0 saturated heterocycles. The number of rotatable bonds is 2. The molecule has 1 amide bonds. The molecule has 0 aromatic heterocycles. The summed E-state index contributed by atoms with van der Waals surface area (Å²) < 4.78 is 0. The summed E-state index contributed by atoms with van der Waals surface area (Å²) in [6.45, 7) is 3.28. The molecule has 0 spiro atoms. The highest BCUT2D eigenvalue weighted by molar-refractivity contribution is 5.79. The van der Waals surface area contributed by atoms with Gasteiger partial charge in [-0.25, -0.2) is 0 Å². The lowest BCUT2D eigenvalue weighted by molar-refractivity contribution is -0.135. The fourth-order valence-electron chi connectivity index (χ4n) is 2.22. The number of nitrogens with zero attached hydrogens (tertiary/aromatic N) is 2. The first-order valence-corrected chi connectivity index (χ1v) is 5.95. The van der Waals surface area contributed by atoms with Crippen LogP contribution in [0.15, 0.2) is 24.3 Å². The fraction of sp³-hybridized carbons (Fsp3) is 0.429. The average Bonchev–Trinajstić information content (AvgIpc) is 2.37. The lowest BCUT2D eigenvalue weighted by Gasteiger charge is -2.30. The zero-order valence-corrected chi connectivity index (χ0v) is 10.0. The van der Waals surface area contributed by atoms with Crippen LogP contribution < -0.4 is 0 Å². The summed E-state index contributed by atoms with van der Waals surface area (Å²) in [6.07, 6.45) is 1.22. The molecule has 1 aromatic carbocycles. The van der Waals surface area contributed by atoms with E-state index < -0.39 is 0 Å². The predicted octanol–water partition coefficient (Wildman–Crippen LogP) is 2.12. The molecule has 0 unspecified atom stereocenters. The maximum atomic E-state index is 12.1. The Bertz CT molecular complexity index is 462. The topological polar surface area (TPSA) is 44.1 Å². The van der Waals surface area contributed by atoms with Gasteiger partial charge in [-0.15, -0.1) is 0 Å². The highest BCUT2D eigenvalue weighted by Gasteiger charge is 2.23. The number of nitriles is 1. The summed E-state index contributed by atoms with van der Waals surface area (Å²) in [5.41, 5.74) is 2.57. The largest absolute Gasteiger partial charge is 0.338 e. The minimum absolute atomic E-state index is 0.0982. The second-order valence-electron chi connectivity index (χ2n) is 4.54. The molecule has 3 heteroatoms. The molecule has 1 aromatic rings. The Balaban J connectivity index is 2.08. The van der Waals surface area contributed by atoms with Crippen LogP contribution in [0.5, 0.6) is 0 Å². The molecule has 0 saturated carbocycles. The summed E-state index contributed by atoms with van der Waals surface area (Å²) >= 11 is 0. The van der Waals surface area contributed by atoms with Crippen LogP contribution in [0.25, 0.3) is 0 Å². The smallest absolute Gasteiger partial charge is 0.226 e. The quantitative estimate of drug-likeness (QED) is 0.778. The van der Waals surface area contributed by atoms with Crippen molar-refractivity contribution in [3.63, 3.8) is 0 Å². The second-order valence-corrected chi connectivity index (χ2v) is 4.54. The van der Waals surface area contributed by atoms with Gasteiger partial charge in [-0.3, -0.25) is 4.79 Å². The van der Waals surface area contributed by atoms with E-state index in [-0.39, 0.29) is 11.8 Å². The van der Waals surface area contributed by atoms with Crippen molar-refractivity contribution in [2.75, 3.05) is 6.54 Å². The van der Waals surface area contributed by atoms with Crippen molar-refractivity contribution in [3.05, 3.63) is 35.4 Å². The molecule has 3 nitrogen and oxygen atoms in total.